The van der Waals surface area contributed by atoms with E-state index in [4.69, 9.17) is 14.2 Å². The first kappa shape index (κ1) is 19.3. The Bertz CT molecular complexity index is 975. The second kappa shape index (κ2) is 8.96. The van der Waals surface area contributed by atoms with Crippen LogP contribution in [0.3, 0.4) is 0 Å². The van der Waals surface area contributed by atoms with Crippen molar-refractivity contribution in [1.29, 1.82) is 0 Å². The Balaban J connectivity index is 1.60. The third-order valence-electron chi connectivity index (χ3n) is 3.66. The van der Waals surface area contributed by atoms with Gasteiger partial charge in [-0.1, -0.05) is 0 Å². The Morgan fingerprint density at radius 2 is 1.96 bits per heavy atom. The van der Waals surface area contributed by atoms with Gasteiger partial charge in [0.15, 0.2) is 23.2 Å². The van der Waals surface area contributed by atoms with E-state index in [0.29, 0.717) is 22.3 Å². The quantitative estimate of drug-likeness (QED) is 0.610. The first-order chi connectivity index (χ1) is 13.6. The van der Waals surface area contributed by atoms with Gasteiger partial charge in [-0.05, 0) is 30.3 Å². The van der Waals surface area contributed by atoms with Crippen molar-refractivity contribution in [1.82, 2.24) is 9.97 Å². The highest BCUT2D eigenvalue weighted by molar-refractivity contribution is 7.14. The molecule has 3 aromatic rings. The third kappa shape index (κ3) is 4.63. The molecule has 0 saturated heterocycles. The van der Waals surface area contributed by atoms with Crippen LogP contribution in [0, 0.1) is 0 Å². The number of rotatable bonds is 7. The standard InChI is InChI=1S/C19H17N3O5S/c1-25-15-6-5-12(8-16(15)26-2)14-11-28-19(21-14)22-17(23)10-27-18(24)13-4-3-7-20-9-13/h3-9,11H,10H2,1-2H3,(H,21,22,23). The van der Waals surface area contributed by atoms with Crippen LogP contribution in [-0.4, -0.2) is 42.7 Å². The Labute approximate surface area is 165 Å². The molecule has 0 atom stereocenters. The summed E-state index contributed by atoms with van der Waals surface area (Å²) in [6.45, 7) is -0.418. The minimum Gasteiger partial charge on any atom is -0.493 e. The topological polar surface area (TPSA) is 99.6 Å². The molecule has 1 N–H and O–H groups in total. The molecule has 9 heteroatoms. The Kier molecular flexibility index (Phi) is 6.18. The van der Waals surface area contributed by atoms with E-state index in [1.54, 1.807) is 50.1 Å². The summed E-state index contributed by atoms with van der Waals surface area (Å²) < 4.78 is 15.5. The molecule has 2 aromatic heterocycles. The van der Waals surface area contributed by atoms with Crippen molar-refractivity contribution in [2.75, 3.05) is 26.1 Å². The van der Waals surface area contributed by atoms with Crippen LogP contribution in [-0.2, 0) is 9.53 Å². The van der Waals surface area contributed by atoms with Crippen molar-refractivity contribution in [2.45, 2.75) is 0 Å². The molecule has 0 radical (unpaired) electrons. The summed E-state index contributed by atoms with van der Waals surface area (Å²) in [5.41, 5.74) is 1.77. The minimum atomic E-state index is -0.617. The Morgan fingerprint density at radius 1 is 1.14 bits per heavy atom. The number of aromatic nitrogens is 2. The maximum Gasteiger partial charge on any atom is 0.340 e. The fourth-order valence-electron chi connectivity index (χ4n) is 2.31. The van der Waals surface area contributed by atoms with E-state index in [1.807, 2.05) is 6.07 Å². The Hall–Kier alpha value is -3.46. The maximum atomic E-state index is 12.0. The van der Waals surface area contributed by atoms with E-state index < -0.39 is 18.5 Å². The van der Waals surface area contributed by atoms with Gasteiger partial charge in [0.25, 0.3) is 5.91 Å². The summed E-state index contributed by atoms with van der Waals surface area (Å²) in [7, 11) is 3.12. The second-order valence-corrected chi connectivity index (χ2v) is 6.33. The number of esters is 1. The number of hydrogen-bond acceptors (Lipinski definition) is 8. The molecular formula is C19H17N3O5S. The molecule has 0 aliphatic heterocycles. The first-order valence-corrected chi connectivity index (χ1v) is 9.03. The number of nitrogens with zero attached hydrogens (tertiary/aromatic N) is 2. The highest BCUT2D eigenvalue weighted by Gasteiger charge is 2.13. The number of thiazole rings is 1. The van der Waals surface area contributed by atoms with E-state index in [0.717, 1.165) is 5.56 Å². The van der Waals surface area contributed by atoms with Crippen LogP contribution in [0.25, 0.3) is 11.3 Å². The average molecular weight is 399 g/mol. The zero-order valence-corrected chi connectivity index (χ0v) is 16.0. The van der Waals surface area contributed by atoms with E-state index in [2.05, 4.69) is 15.3 Å². The van der Waals surface area contributed by atoms with Crippen LogP contribution in [0.15, 0.2) is 48.1 Å². The summed E-state index contributed by atoms with van der Waals surface area (Å²) in [5.74, 6) is 0.102. The van der Waals surface area contributed by atoms with Gasteiger partial charge in [-0.15, -0.1) is 11.3 Å². The van der Waals surface area contributed by atoms with Gasteiger partial charge >= 0.3 is 5.97 Å². The van der Waals surface area contributed by atoms with E-state index in [1.165, 1.54) is 17.5 Å². The van der Waals surface area contributed by atoms with Crippen molar-refractivity contribution < 1.29 is 23.8 Å². The molecular weight excluding hydrogens is 382 g/mol. The molecule has 8 nitrogen and oxygen atoms in total. The lowest BCUT2D eigenvalue weighted by Gasteiger charge is -2.08. The SMILES string of the molecule is COc1ccc(-c2csc(NC(=O)COC(=O)c3cccnc3)n2)cc1OC. The van der Waals surface area contributed by atoms with Crippen LogP contribution in [0.2, 0.25) is 0 Å². The fraction of sp³-hybridized carbons (Fsp3) is 0.158. The molecule has 1 aromatic carbocycles. The molecule has 0 bridgehead atoms. The summed E-state index contributed by atoms with van der Waals surface area (Å²) in [6, 6.07) is 8.60. The zero-order chi connectivity index (χ0) is 19.9. The lowest BCUT2D eigenvalue weighted by molar-refractivity contribution is -0.119. The molecule has 0 fully saturated rings. The number of benzene rings is 1. The average Bonchev–Trinajstić information content (AvgIpc) is 3.20. The maximum absolute atomic E-state index is 12.0. The molecule has 0 aliphatic carbocycles. The molecule has 1 amide bonds. The van der Waals surface area contributed by atoms with Gasteiger partial charge in [-0.3, -0.25) is 15.1 Å². The van der Waals surface area contributed by atoms with E-state index in [-0.39, 0.29) is 5.56 Å². The number of hydrogen-bond donors (Lipinski definition) is 1. The largest absolute Gasteiger partial charge is 0.493 e. The second-order valence-electron chi connectivity index (χ2n) is 5.47. The first-order valence-electron chi connectivity index (χ1n) is 8.15. The summed E-state index contributed by atoms with van der Waals surface area (Å²) >= 11 is 1.26. The lowest BCUT2D eigenvalue weighted by Crippen LogP contribution is -2.20. The van der Waals surface area contributed by atoms with Crippen LogP contribution < -0.4 is 14.8 Å². The number of carbonyl (C=O) groups is 2. The van der Waals surface area contributed by atoms with Gasteiger partial charge < -0.3 is 14.2 Å². The number of methoxy groups -OCH3 is 2. The Morgan fingerprint density at radius 3 is 2.68 bits per heavy atom. The predicted molar refractivity (Wildman–Crippen MR) is 104 cm³/mol. The van der Waals surface area contributed by atoms with Crippen molar-refractivity contribution in [3.05, 3.63) is 53.7 Å². The molecule has 2 heterocycles. The number of ether oxygens (including phenoxy) is 3. The summed E-state index contributed by atoms with van der Waals surface area (Å²) in [4.78, 5) is 32.0. The van der Waals surface area contributed by atoms with Crippen LogP contribution in [0.1, 0.15) is 10.4 Å². The van der Waals surface area contributed by atoms with E-state index in [9.17, 15) is 9.59 Å². The van der Waals surface area contributed by atoms with Gasteiger partial charge in [0, 0.05) is 23.3 Å². The van der Waals surface area contributed by atoms with Gasteiger partial charge in [0.1, 0.15) is 0 Å². The van der Waals surface area contributed by atoms with Crippen molar-refractivity contribution in [3.63, 3.8) is 0 Å². The minimum absolute atomic E-state index is 0.278. The van der Waals surface area contributed by atoms with Crippen molar-refractivity contribution in [3.8, 4) is 22.8 Å². The van der Waals surface area contributed by atoms with E-state index >= 15 is 0 Å². The highest BCUT2D eigenvalue weighted by atomic mass is 32.1. The molecule has 0 aliphatic rings. The zero-order valence-electron chi connectivity index (χ0n) is 15.2. The van der Waals surface area contributed by atoms with Crippen LogP contribution in [0.4, 0.5) is 5.13 Å². The highest BCUT2D eigenvalue weighted by Crippen LogP contribution is 2.33. The monoisotopic (exact) mass is 399 g/mol. The van der Waals surface area contributed by atoms with Crippen LogP contribution in [0.5, 0.6) is 11.5 Å². The molecule has 0 unspecified atom stereocenters. The summed E-state index contributed by atoms with van der Waals surface area (Å²) in [5, 5.41) is 4.81. The lowest BCUT2D eigenvalue weighted by atomic mass is 10.1. The molecule has 144 valence electrons. The molecule has 0 spiro atoms. The van der Waals surface area contributed by atoms with Crippen molar-refractivity contribution >= 4 is 28.3 Å². The number of anilines is 1. The van der Waals surface area contributed by atoms with Gasteiger partial charge in [0.2, 0.25) is 0 Å². The van der Waals surface area contributed by atoms with Crippen LogP contribution >= 0.6 is 11.3 Å². The predicted octanol–water partition coefficient (Wildman–Crippen LogP) is 3.02. The fourth-order valence-corrected chi connectivity index (χ4v) is 3.05. The third-order valence-corrected chi connectivity index (χ3v) is 4.42. The molecule has 28 heavy (non-hydrogen) atoms. The number of nitrogens with one attached hydrogen (secondary N) is 1. The van der Waals surface area contributed by atoms with Crippen molar-refractivity contribution in [2.24, 2.45) is 0 Å². The molecule has 0 saturated carbocycles. The number of pyridine rings is 1. The number of amides is 1. The van der Waals surface area contributed by atoms with Gasteiger partial charge in [-0.2, -0.15) is 0 Å². The normalized spacial score (nSPS) is 10.2. The van der Waals surface area contributed by atoms with Gasteiger partial charge in [0.05, 0.1) is 25.5 Å². The number of carbonyl (C=O) groups excluding carboxylic acids is 2. The van der Waals surface area contributed by atoms with Gasteiger partial charge in [-0.25, -0.2) is 9.78 Å². The summed E-state index contributed by atoms with van der Waals surface area (Å²) in [6.07, 6.45) is 2.92. The molecule has 3 rings (SSSR count). The smallest absolute Gasteiger partial charge is 0.340 e.